The van der Waals surface area contributed by atoms with Gasteiger partial charge in [0.15, 0.2) is 0 Å². The molecule has 3 heteroatoms. The standard InChI is InChI=1S/C44H81NO2/c1-5-7-9-11-13-15-17-19-21-23-25-27-29-31-33-35-37-46-43-39-42(45(3)4)40-44(41-43)47-38-36-34-32-30-28-26-24-22-20-18-16-14-12-10-8-6-2/h13-16,19-22,42-44H,5-12,17-18,23-41H2,1-4H3/b15-13-,16-14-,21-19-,22-20-. The second kappa shape index (κ2) is 34.7. The topological polar surface area (TPSA) is 21.7 Å². The maximum Gasteiger partial charge on any atom is 0.0614 e. The zero-order valence-corrected chi connectivity index (χ0v) is 32.1. The molecule has 0 saturated heterocycles. The molecule has 3 nitrogen and oxygen atoms in total. The Bertz CT molecular complexity index is 696. The second-order valence-corrected chi connectivity index (χ2v) is 14.5. The van der Waals surface area contributed by atoms with Crippen LogP contribution >= 0.6 is 0 Å². The van der Waals surface area contributed by atoms with Crippen LogP contribution in [0.25, 0.3) is 0 Å². The molecule has 0 amide bonds. The van der Waals surface area contributed by atoms with Crippen molar-refractivity contribution in [2.75, 3.05) is 27.3 Å². The maximum atomic E-state index is 6.42. The minimum Gasteiger partial charge on any atom is -0.378 e. The average molecular weight is 656 g/mol. The molecule has 0 aromatic carbocycles. The molecule has 0 aliphatic heterocycles. The van der Waals surface area contributed by atoms with E-state index < -0.39 is 0 Å². The lowest BCUT2D eigenvalue weighted by Gasteiger charge is -2.38. The van der Waals surface area contributed by atoms with Crippen LogP contribution in [0.4, 0.5) is 0 Å². The lowest BCUT2D eigenvalue weighted by molar-refractivity contribution is -0.0667. The van der Waals surface area contributed by atoms with Crippen molar-refractivity contribution < 1.29 is 9.47 Å². The SMILES string of the molecule is CCCCC/C=C\C/C=C\CCCCCCCCOC1CC(OCCCCCCCC/C=C\C/C=C\CCCCC)CC(N(C)C)C1. The summed E-state index contributed by atoms with van der Waals surface area (Å²) in [7, 11) is 4.43. The van der Waals surface area contributed by atoms with Crippen molar-refractivity contribution >= 4 is 0 Å². The van der Waals surface area contributed by atoms with E-state index in [0.717, 1.165) is 45.3 Å². The molecular formula is C44H81NO2. The van der Waals surface area contributed by atoms with Crippen LogP contribution in [0, 0.1) is 0 Å². The Morgan fingerprint density at radius 1 is 0.426 bits per heavy atom. The van der Waals surface area contributed by atoms with Gasteiger partial charge in [0.1, 0.15) is 0 Å². The molecule has 1 rings (SSSR count). The number of unbranched alkanes of at least 4 members (excludes halogenated alkanes) is 18. The van der Waals surface area contributed by atoms with Crippen molar-refractivity contribution in [1.29, 1.82) is 0 Å². The largest absolute Gasteiger partial charge is 0.378 e. The molecule has 1 saturated carbocycles. The van der Waals surface area contributed by atoms with Crippen molar-refractivity contribution in [1.82, 2.24) is 4.90 Å². The first kappa shape index (κ1) is 43.9. The summed E-state index contributed by atoms with van der Waals surface area (Å²) >= 11 is 0. The zero-order valence-electron chi connectivity index (χ0n) is 32.1. The highest BCUT2D eigenvalue weighted by Gasteiger charge is 2.31. The smallest absolute Gasteiger partial charge is 0.0614 e. The van der Waals surface area contributed by atoms with Gasteiger partial charge in [-0.3, -0.25) is 0 Å². The highest BCUT2D eigenvalue weighted by atomic mass is 16.5. The normalized spacial score (nSPS) is 19.1. The van der Waals surface area contributed by atoms with Crippen molar-refractivity contribution in [3.8, 4) is 0 Å². The molecule has 1 aliphatic carbocycles. The second-order valence-electron chi connectivity index (χ2n) is 14.5. The Morgan fingerprint density at radius 3 is 1.13 bits per heavy atom. The monoisotopic (exact) mass is 656 g/mol. The predicted octanol–water partition coefficient (Wildman–Crippen LogP) is 13.5. The van der Waals surface area contributed by atoms with Crippen molar-refractivity contribution in [2.24, 2.45) is 0 Å². The van der Waals surface area contributed by atoms with Crippen LogP contribution in [0.1, 0.15) is 187 Å². The van der Waals surface area contributed by atoms with Crippen LogP contribution in [0.2, 0.25) is 0 Å². The van der Waals surface area contributed by atoms with E-state index in [4.69, 9.17) is 9.47 Å². The summed E-state index contributed by atoms with van der Waals surface area (Å²) in [5.74, 6) is 0. The molecule has 1 fully saturated rings. The van der Waals surface area contributed by atoms with Gasteiger partial charge in [0.25, 0.3) is 0 Å². The van der Waals surface area contributed by atoms with Crippen LogP contribution in [0.3, 0.4) is 0 Å². The molecule has 0 spiro atoms. The lowest BCUT2D eigenvalue weighted by atomic mass is 9.89. The summed E-state index contributed by atoms with van der Waals surface area (Å²) in [6.07, 6.45) is 53.9. The first-order valence-electron chi connectivity index (χ1n) is 20.7. The molecule has 0 aromatic rings. The van der Waals surface area contributed by atoms with E-state index in [-0.39, 0.29) is 0 Å². The predicted molar refractivity (Wildman–Crippen MR) is 210 cm³/mol. The Balaban J connectivity index is 2.00. The fourth-order valence-electron chi connectivity index (χ4n) is 6.56. The Hall–Kier alpha value is -1.16. The summed E-state index contributed by atoms with van der Waals surface area (Å²) in [6.45, 7) is 6.37. The third kappa shape index (κ3) is 29.5. The highest BCUT2D eigenvalue weighted by Crippen LogP contribution is 2.27. The fraction of sp³-hybridized carbons (Fsp3) is 0.818. The van der Waals surface area contributed by atoms with E-state index in [2.05, 4.69) is 81.5 Å². The summed E-state index contributed by atoms with van der Waals surface area (Å²) < 4.78 is 12.8. The third-order valence-corrected chi connectivity index (χ3v) is 9.72. The maximum absolute atomic E-state index is 6.42. The lowest BCUT2D eigenvalue weighted by Crippen LogP contribution is -2.42. The molecule has 0 bridgehead atoms. The molecule has 1 aliphatic rings. The molecule has 0 aromatic heterocycles. The van der Waals surface area contributed by atoms with E-state index in [0.29, 0.717) is 18.2 Å². The zero-order chi connectivity index (χ0) is 33.9. The summed E-state index contributed by atoms with van der Waals surface area (Å²) in [4.78, 5) is 2.38. The van der Waals surface area contributed by atoms with Gasteiger partial charge in [-0.2, -0.15) is 0 Å². The highest BCUT2D eigenvalue weighted by molar-refractivity contribution is 4.93. The van der Waals surface area contributed by atoms with Crippen LogP contribution in [-0.2, 0) is 9.47 Å². The molecule has 0 radical (unpaired) electrons. The van der Waals surface area contributed by atoms with Gasteiger partial charge >= 0.3 is 0 Å². The number of ether oxygens (including phenoxy) is 2. The number of allylic oxidation sites excluding steroid dienone is 8. The molecule has 2 unspecified atom stereocenters. The number of hydrogen-bond donors (Lipinski definition) is 0. The quantitative estimate of drug-likeness (QED) is 0.0519. The van der Waals surface area contributed by atoms with Crippen molar-refractivity contribution in [2.45, 2.75) is 205 Å². The minimum absolute atomic E-state index is 0.356. The van der Waals surface area contributed by atoms with E-state index in [1.54, 1.807) is 0 Å². The van der Waals surface area contributed by atoms with Gasteiger partial charge in [-0.05, 0) is 110 Å². The average Bonchev–Trinajstić information content (AvgIpc) is 3.07. The van der Waals surface area contributed by atoms with E-state index in [1.807, 2.05) is 0 Å². The van der Waals surface area contributed by atoms with Crippen molar-refractivity contribution in [3.05, 3.63) is 48.6 Å². The van der Waals surface area contributed by atoms with Crippen LogP contribution in [-0.4, -0.2) is 50.5 Å². The summed E-state index contributed by atoms with van der Waals surface area (Å²) in [6, 6.07) is 0.575. The summed E-state index contributed by atoms with van der Waals surface area (Å²) in [5, 5.41) is 0. The number of rotatable bonds is 33. The van der Waals surface area contributed by atoms with Crippen molar-refractivity contribution in [3.63, 3.8) is 0 Å². The Morgan fingerprint density at radius 2 is 0.766 bits per heavy atom. The molecule has 274 valence electrons. The van der Waals surface area contributed by atoms with E-state index in [1.165, 1.54) is 141 Å². The van der Waals surface area contributed by atoms with Crippen LogP contribution < -0.4 is 0 Å². The van der Waals surface area contributed by atoms with E-state index >= 15 is 0 Å². The molecule has 0 N–H and O–H groups in total. The van der Waals surface area contributed by atoms with Gasteiger partial charge in [-0.15, -0.1) is 0 Å². The third-order valence-electron chi connectivity index (χ3n) is 9.72. The first-order chi connectivity index (χ1) is 23.2. The van der Waals surface area contributed by atoms with Gasteiger partial charge in [0.05, 0.1) is 12.2 Å². The molecule has 2 atom stereocenters. The van der Waals surface area contributed by atoms with Gasteiger partial charge in [-0.1, -0.05) is 140 Å². The van der Waals surface area contributed by atoms with E-state index in [9.17, 15) is 0 Å². The fourth-order valence-corrected chi connectivity index (χ4v) is 6.56. The Labute approximate surface area is 295 Å². The van der Waals surface area contributed by atoms with Gasteiger partial charge in [0, 0.05) is 19.3 Å². The van der Waals surface area contributed by atoms with Crippen LogP contribution in [0.5, 0.6) is 0 Å². The van der Waals surface area contributed by atoms with Gasteiger partial charge in [-0.25, -0.2) is 0 Å². The van der Waals surface area contributed by atoms with Gasteiger partial charge in [0.2, 0.25) is 0 Å². The molecule has 47 heavy (non-hydrogen) atoms. The van der Waals surface area contributed by atoms with Gasteiger partial charge < -0.3 is 14.4 Å². The minimum atomic E-state index is 0.356. The molecular weight excluding hydrogens is 574 g/mol. The van der Waals surface area contributed by atoms with Crippen LogP contribution in [0.15, 0.2) is 48.6 Å². The number of hydrogen-bond acceptors (Lipinski definition) is 3. The number of nitrogens with zero attached hydrogens (tertiary/aromatic N) is 1. The molecule has 0 heterocycles. The Kier molecular flexibility index (Phi) is 32.4. The first-order valence-corrected chi connectivity index (χ1v) is 20.7. The summed E-state index contributed by atoms with van der Waals surface area (Å²) in [5.41, 5.74) is 0.